The summed E-state index contributed by atoms with van der Waals surface area (Å²) in [5.74, 6) is 0. The monoisotopic (exact) mass is 256 g/mol. The van der Waals surface area contributed by atoms with Crippen LogP contribution in [0.15, 0.2) is 30.0 Å². The minimum absolute atomic E-state index is 0.191. The highest BCUT2D eigenvalue weighted by Gasteiger charge is 2.11. The molecule has 0 aliphatic rings. The van der Waals surface area contributed by atoms with Crippen molar-refractivity contribution in [1.29, 1.82) is 0 Å². The zero-order chi connectivity index (χ0) is 14.0. The van der Waals surface area contributed by atoms with Crippen molar-refractivity contribution in [3.05, 3.63) is 46.7 Å². The number of nitrogens with one attached hydrogen (secondary N) is 1. The average molecular weight is 256 g/mol. The number of aryl methyl sites for hydroxylation is 1. The van der Waals surface area contributed by atoms with Crippen molar-refractivity contribution in [1.82, 2.24) is 4.98 Å². The molecule has 2 nitrogen and oxygen atoms in total. The number of rotatable bonds is 4. The lowest BCUT2D eigenvalue weighted by Crippen LogP contribution is -2.17. The molecule has 1 atom stereocenters. The first-order chi connectivity index (χ1) is 8.99. The Bertz CT molecular complexity index is 599. The van der Waals surface area contributed by atoms with Gasteiger partial charge in [0.05, 0.1) is 0 Å². The highest BCUT2D eigenvalue weighted by atomic mass is 14.7. The van der Waals surface area contributed by atoms with Crippen molar-refractivity contribution in [3.8, 4) is 0 Å². The van der Waals surface area contributed by atoms with Gasteiger partial charge in [0.1, 0.15) is 0 Å². The van der Waals surface area contributed by atoms with E-state index >= 15 is 0 Å². The number of aromatic nitrogens is 1. The lowest BCUT2D eigenvalue weighted by atomic mass is 9.97. The second-order valence-corrected chi connectivity index (χ2v) is 5.77. The summed E-state index contributed by atoms with van der Waals surface area (Å²) in [6, 6.07) is 4.63. The molecule has 1 unspecified atom stereocenters. The minimum Gasteiger partial charge on any atom is -0.361 e. The third-order valence-electron chi connectivity index (χ3n) is 3.48. The Labute approximate surface area is 115 Å². The number of allylic oxidation sites excluding steroid dienone is 2. The Morgan fingerprint density at radius 2 is 2.05 bits per heavy atom. The van der Waals surface area contributed by atoms with Crippen molar-refractivity contribution in [2.45, 2.75) is 46.6 Å². The van der Waals surface area contributed by atoms with Gasteiger partial charge in [0, 0.05) is 23.1 Å². The van der Waals surface area contributed by atoms with Gasteiger partial charge in [0.2, 0.25) is 0 Å². The maximum atomic E-state index is 5.96. The first-order valence-electron chi connectivity index (χ1n) is 6.96. The Morgan fingerprint density at radius 3 is 2.68 bits per heavy atom. The van der Waals surface area contributed by atoms with Crippen LogP contribution in [0.1, 0.15) is 37.5 Å². The average Bonchev–Trinajstić information content (AvgIpc) is 2.72. The van der Waals surface area contributed by atoms with E-state index in [1.807, 2.05) is 0 Å². The molecule has 19 heavy (non-hydrogen) atoms. The van der Waals surface area contributed by atoms with Crippen LogP contribution in [0.3, 0.4) is 0 Å². The Kier molecular flexibility index (Phi) is 4.11. The smallest absolute Gasteiger partial charge is 0.0489 e. The van der Waals surface area contributed by atoms with Crippen molar-refractivity contribution >= 4 is 10.9 Å². The van der Waals surface area contributed by atoms with Crippen LogP contribution in [0.2, 0.25) is 0 Å². The van der Waals surface area contributed by atoms with Crippen LogP contribution >= 0.6 is 0 Å². The van der Waals surface area contributed by atoms with E-state index in [0.29, 0.717) is 0 Å². The fraction of sp³-hybridized carbons (Fsp3) is 0.412. The van der Waals surface area contributed by atoms with Crippen LogP contribution in [0, 0.1) is 6.92 Å². The molecule has 0 saturated carbocycles. The molecule has 2 rings (SSSR count). The first-order valence-corrected chi connectivity index (χ1v) is 6.96. The second kappa shape index (κ2) is 5.62. The van der Waals surface area contributed by atoms with Crippen LogP contribution < -0.4 is 5.73 Å². The summed E-state index contributed by atoms with van der Waals surface area (Å²) in [5.41, 5.74) is 12.6. The van der Waals surface area contributed by atoms with E-state index in [4.69, 9.17) is 5.73 Å². The summed E-state index contributed by atoms with van der Waals surface area (Å²) in [6.45, 7) is 8.50. The third kappa shape index (κ3) is 3.07. The largest absolute Gasteiger partial charge is 0.361 e. The van der Waals surface area contributed by atoms with E-state index in [-0.39, 0.29) is 6.04 Å². The van der Waals surface area contributed by atoms with Crippen molar-refractivity contribution in [2.75, 3.05) is 0 Å². The molecule has 2 heteroatoms. The van der Waals surface area contributed by atoms with Gasteiger partial charge < -0.3 is 10.7 Å². The lowest BCUT2D eigenvalue weighted by molar-refractivity contribution is 0.741. The normalized spacial score (nSPS) is 12.7. The van der Waals surface area contributed by atoms with Crippen LogP contribution in [0.5, 0.6) is 0 Å². The molecule has 1 aromatic carbocycles. The molecule has 2 aromatic rings. The first kappa shape index (κ1) is 13.9. The van der Waals surface area contributed by atoms with E-state index in [9.17, 15) is 0 Å². The van der Waals surface area contributed by atoms with Gasteiger partial charge in [0.15, 0.2) is 0 Å². The molecule has 1 aromatic heterocycles. The van der Waals surface area contributed by atoms with E-state index in [1.54, 1.807) is 0 Å². The zero-order valence-corrected chi connectivity index (χ0v) is 12.4. The molecule has 0 aliphatic carbocycles. The summed E-state index contributed by atoms with van der Waals surface area (Å²) in [7, 11) is 0. The van der Waals surface area contributed by atoms with Gasteiger partial charge in [-0.25, -0.2) is 0 Å². The number of benzene rings is 1. The SMILES string of the molecule is CC(C)=CCc1ccc(C)c2[nH]cc(CC(C)N)c12. The van der Waals surface area contributed by atoms with Gasteiger partial charge in [-0.05, 0) is 57.2 Å². The molecule has 0 fully saturated rings. The number of hydrogen-bond donors (Lipinski definition) is 2. The topological polar surface area (TPSA) is 41.8 Å². The predicted molar refractivity (Wildman–Crippen MR) is 83.5 cm³/mol. The van der Waals surface area contributed by atoms with Gasteiger partial charge in [0.25, 0.3) is 0 Å². The molecular weight excluding hydrogens is 232 g/mol. The predicted octanol–water partition coefficient (Wildman–Crippen LogP) is 3.87. The molecule has 0 spiro atoms. The van der Waals surface area contributed by atoms with Crippen LogP contribution in [-0.4, -0.2) is 11.0 Å². The van der Waals surface area contributed by atoms with Crippen molar-refractivity contribution in [3.63, 3.8) is 0 Å². The molecule has 1 heterocycles. The maximum Gasteiger partial charge on any atom is 0.0489 e. The quantitative estimate of drug-likeness (QED) is 0.801. The van der Waals surface area contributed by atoms with Crippen LogP contribution in [0.25, 0.3) is 10.9 Å². The van der Waals surface area contributed by atoms with Gasteiger partial charge in [-0.1, -0.05) is 23.8 Å². The summed E-state index contributed by atoms with van der Waals surface area (Å²) >= 11 is 0. The second-order valence-electron chi connectivity index (χ2n) is 5.77. The zero-order valence-electron chi connectivity index (χ0n) is 12.4. The van der Waals surface area contributed by atoms with Gasteiger partial charge in [-0.2, -0.15) is 0 Å². The Morgan fingerprint density at radius 1 is 1.32 bits per heavy atom. The van der Waals surface area contributed by atoms with Gasteiger partial charge in [-0.15, -0.1) is 0 Å². The molecule has 0 aliphatic heterocycles. The van der Waals surface area contributed by atoms with Crippen molar-refractivity contribution < 1.29 is 0 Å². The Hall–Kier alpha value is -1.54. The molecule has 0 radical (unpaired) electrons. The number of H-pyrrole nitrogens is 1. The van der Waals surface area contributed by atoms with Gasteiger partial charge >= 0.3 is 0 Å². The molecule has 0 amide bonds. The highest BCUT2D eigenvalue weighted by Crippen LogP contribution is 2.27. The fourth-order valence-electron chi connectivity index (χ4n) is 2.53. The van der Waals surface area contributed by atoms with E-state index in [2.05, 4.69) is 57.1 Å². The number of fused-ring (bicyclic) bond motifs is 1. The molecule has 0 bridgehead atoms. The van der Waals surface area contributed by atoms with Gasteiger partial charge in [-0.3, -0.25) is 0 Å². The van der Waals surface area contributed by atoms with Crippen LogP contribution in [0.4, 0.5) is 0 Å². The minimum atomic E-state index is 0.191. The highest BCUT2D eigenvalue weighted by molar-refractivity contribution is 5.89. The standard InChI is InChI=1S/C17H24N2/c1-11(2)5-7-14-8-6-12(3)17-16(14)15(10-19-17)9-13(4)18/h5-6,8,10,13,19H,7,9,18H2,1-4H3. The van der Waals surface area contributed by atoms with Crippen molar-refractivity contribution in [2.24, 2.45) is 5.73 Å². The lowest BCUT2D eigenvalue weighted by Gasteiger charge is -2.08. The molecular formula is C17H24N2. The van der Waals surface area contributed by atoms with Crippen LogP contribution in [-0.2, 0) is 12.8 Å². The fourth-order valence-corrected chi connectivity index (χ4v) is 2.53. The Balaban J connectivity index is 2.53. The molecule has 102 valence electrons. The van der Waals surface area contributed by atoms with E-state index < -0.39 is 0 Å². The summed E-state index contributed by atoms with van der Waals surface area (Å²) in [6.07, 6.45) is 6.31. The molecule has 0 saturated heterocycles. The summed E-state index contributed by atoms with van der Waals surface area (Å²) in [5, 5.41) is 1.37. The number of aromatic amines is 1. The number of hydrogen-bond acceptors (Lipinski definition) is 1. The summed E-state index contributed by atoms with van der Waals surface area (Å²) in [4.78, 5) is 3.41. The number of nitrogens with two attached hydrogens (primary N) is 1. The van der Waals surface area contributed by atoms with E-state index in [0.717, 1.165) is 12.8 Å². The maximum absolute atomic E-state index is 5.96. The van der Waals surface area contributed by atoms with E-state index in [1.165, 1.54) is 33.2 Å². The molecule has 3 N–H and O–H groups in total. The summed E-state index contributed by atoms with van der Waals surface area (Å²) < 4.78 is 0. The third-order valence-corrected chi connectivity index (χ3v) is 3.48.